The average molecular weight is 384 g/mol. The summed E-state index contributed by atoms with van der Waals surface area (Å²) in [5.74, 6) is 0.572. The van der Waals surface area contributed by atoms with E-state index in [1.807, 2.05) is 49.4 Å². The molecule has 0 aliphatic rings. The maximum Gasteiger partial charge on any atom is 0.154 e. The molecule has 3 heterocycles. The Morgan fingerprint density at radius 3 is 2.76 bits per heavy atom. The summed E-state index contributed by atoms with van der Waals surface area (Å²) in [7, 11) is 0. The molecule has 0 amide bonds. The molecule has 4 rings (SSSR count). The zero-order chi connectivity index (χ0) is 20.4. The van der Waals surface area contributed by atoms with Gasteiger partial charge in [0.05, 0.1) is 47.0 Å². The fraction of sp³-hybridized carbons (Fsp3) is 0.182. The summed E-state index contributed by atoms with van der Waals surface area (Å²) in [6, 6.07) is 17.0. The fourth-order valence-electron chi connectivity index (χ4n) is 3.25. The van der Waals surface area contributed by atoms with Crippen LogP contribution in [0.5, 0.6) is 0 Å². The highest BCUT2D eigenvalue weighted by atomic mass is 16.3. The van der Waals surface area contributed by atoms with Crippen molar-refractivity contribution in [2.24, 2.45) is 5.73 Å². The third kappa shape index (κ3) is 3.47. The second kappa shape index (κ2) is 7.80. The van der Waals surface area contributed by atoms with Gasteiger partial charge in [-0.1, -0.05) is 19.1 Å². The summed E-state index contributed by atoms with van der Waals surface area (Å²) in [6.07, 6.45) is 2.44. The molecule has 1 unspecified atom stereocenters. The van der Waals surface area contributed by atoms with Crippen molar-refractivity contribution < 1.29 is 5.11 Å². The zero-order valence-corrected chi connectivity index (χ0v) is 15.9. The van der Waals surface area contributed by atoms with E-state index in [4.69, 9.17) is 10.7 Å². The van der Waals surface area contributed by atoms with Gasteiger partial charge in [0.2, 0.25) is 0 Å². The summed E-state index contributed by atoms with van der Waals surface area (Å²) in [5, 5.41) is 24.2. The lowest BCUT2D eigenvalue weighted by atomic mass is 10.0. The Bertz CT molecular complexity index is 1220. The molecule has 0 radical (unpaired) electrons. The van der Waals surface area contributed by atoms with Gasteiger partial charge in [-0.3, -0.25) is 4.98 Å². The summed E-state index contributed by atoms with van der Waals surface area (Å²) >= 11 is 0. The van der Waals surface area contributed by atoms with Crippen molar-refractivity contribution in [3.8, 4) is 23.1 Å². The van der Waals surface area contributed by atoms with Crippen LogP contribution >= 0.6 is 0 Å². The first-order chi connectivity index (χ1) is 14.1. The van der Waals surface area contributed by atoms with E-state index in [2.05, 4.69) is 16.2 Å². The predicted octanol–water partition coefficient (Wildman–Crippen LogP) is 3.26. The van der Waals surface area contributed by atoms with E-state index in [1.165, 1.54) is 0 Å². The Labute approximate surface area is 168 Å². The van der Waals surface area contributed by atoms with Crippen molar-refractivity contribution in [2.45, 2.75) is 26.0 Å². The molecule has 0 spiro atoms. The van der Waals surface area contributed by atoms with Gasteiger partial charge in [0.1, 0.15) is 0 Å². The van der Waals surface area contributed by atoms with Crippen molar-refractivity contribution >= 4 is 10.9 Å². The number of hydrogen-bond acceptors (Lipinski definition) is 6. The molecule has 0 saturated heterocycles. The van der Waals surface area contributed by atoms with E-state index < -0.39 is 0 Å². The number of aromatic nitrogens is 4. The Morgan fingerprint density at radius 2 is 2.00 bits per heavy atom. The molecule has 1 aromatic carbocycles. The monoisotopic (exact) mass is 384 g/mol. The molecule has 3 aromatic heterocycles. The third-order valence-corrected chi connectivity index (χ3v) is 4.87. The lowest BCUT2D eigenvalue weighted by Gasteiger charge is -2.11. The molecule has 0 aliphatic carbocycles. The number of benzene rings is 1. The standard InChI is InChI=1S/C22H20N6O/c1-2-18(24)20-7-4-6-19(27-20)14-9-15(11-23)17-12-25-28(21(17)10-14)22-8-3-5-16(13-29)26-22/h3-10,12,18,29H,2,13,24H2,1H3. The first-order valence-electron chi connectivity index (χ1n) is 9.36. The smallest absolute Gasteiger partial charge is 0.154 e. The first-order valence-corrected chi connectivity index (χ1v) is 9.36. The third-order valence-electron chi connectivity index (χ3n) is 4.87. The van der Waals surface area contributed by atoms with Crippen molar-refractivity contribution in [3.05, 3.63) is 71.7 Å². The van der Waals surface area contributed by atoms with E-state index in [-0.39, 0.29) is 12.6 Å². The highest BCUT2D eigenvalue weighted by molar-refractivity contribution is 5.90. The number of nitriles is 1. The van der Waals surface area contributed by atoms with Crippen molar-refractivity contribution in [3.63, 3.8) is 0 Å². The second-order valence-electron chi connectivity index (χ2n) is 6.73. The van der Waals surface area contributed by atoms with Gasteiger partial charge >= 0.3 is 0 Å². The van der Waals surface area contributed by atoms with Crippen molar-refractivity contribution in [2.75, 3.05) is 0 Å². The number of hydrogen-bond donors (Lipinski definition) is 2. The summed E-state index contributed by atoms with van der Waals surface area (Å²) in [4.78, 5) is 9.12. The predicted molar refractivity (Wildman–Crippen MR) is 110 cm³/mol. The average Bonchev–Trinajstić information content (AvgIpc) is 3.22. The van der Waals surface area contributed by atoms with Gasteiger partial charge in [0, 0.05) is 17.0 Å². The minimum atomic E-state index is -0.157. The number of aliphatic hydroxyl groups is 1. The molecule has 0 saturated carbocycles. The Hall–Kier alpha value is -3.60. The molecule has 0 aliphatic heterocycles. The minimum absolute atomic E-state index is 0.134. The van der Waals surface area contributed by atoms with Crippen LogP contribution in [0.25, 0.3) is 28.0 Å². The molecule has 7 nitrogen and oxygen atoms in total. The van der Waals surface area contributed by atoms with Crippen LogP contribution in [0, 0.1) is 11.3 Å². The number of fused-ring (bicyclic) bond motifs is 1. The van der Waals surface area contributed by atoms with Gasteiger partial charge in [-0.15, -0.1) is 0 Å². The number of nitrogens with two attached hydrogens (primary N) is 1. The largest absolute Gasteiger partial charge is 0.390 e. The van der Waals surface area contributed by atoms with Crippen LogP contribution in [0.4, 0.5) is 0 Å². The fourth-order valence-corrected chi connectivity index (χ4v) is 3.25. The van der Waals surface area contributed by atoms with Crippen LogP contribution in [0.2, 0.25) is 0 Å². The van der Waals surface area contributed by atoms with Crippen LogP contribution in [0.15, 0.2) is 54.7 Å². The van der Waals surface area contributed by atoms with Crippen LogP contribution in [-0.2, 0) is 6.61 Å². The van der Waals surface area contributed by atoms with Gasteiger partial charge in [-0.25, -0.2) is 9.67 Å². The molecule has 144 valence electrons. The molecule has 7 heteroatoms. The van der Waals surface area contributed by atoms with E-state index in [0.717, 1.165) is 34.3 Å². The maximum absolute atomic E-state index is 9.67. The first kappa shape index (κ1) is 18.7. The van der Waals surface area contributed by atoms with Crippen molar-refractivity contribution in [1.82, 2.24) is 19.7 Å². The number of aliphatic hydroxyl groups excluding tert-OH is 1. The van der Waals surface area contributed by atoms with Gasteiger partial charge < -0.3 is 10.8 Å². The normalized spacial score (nSPS) is 12.1. The number of nitrogens with zero attached hydrogens (tertiary/aromatic N) is 5. The van der Waals surface area contributed by atoms with Crippen LogP contribution in [0.3, 0.4) is 0 Å². The van der Waals surface area contributed by atoms with Crippen LogP contribution in [0.1, 0.15) is 36.3 Å². The number of pyridine rings is 2. The van der Waals surface area contributed by atoms with E-state index >= 15 is 0 Å². The van der Waals surface area contributed by atoms with E-state index in [1.54, 1.807) is 16.9 Å². The van der Waals surface area contributed by atoms with Gasteiger partial charge in [-0.05, 0) is 42.8 Å². The Balaban J connectivity index is 1.90. The second-order valence-corrected chi connectivity index (χ2v) is 6.73. The quantitative estimate of drug-likeness (QED) is 0.546. The highest BCUT2D eigenvalue weighted by Crippen LogP contribution is 2.28. The van der Waals surface area contributed by atoms with E-state index in [9.17, 15) is 10.4 Å². The molecular weight excluding hydrogens is 364 g/mol. The molecular formula is C22H20N6O. The summed E-state index contributed by atoms with van der Waals surface area (Å²) in [5.41, 5.74) is 10.3. The van der Waals surface area contributed by atoms with Crippen LogP contribution < -0.4 is 5.73 Å². The molecule has 4 aromatic rings. The van der Waals surface area contributed by atoms with Gasteiger partial charge in [-0.2, -0.15) is 10.4 Å². The molecule has 0 bridgehead atoms. The Morgan fingerprint density at radius 1 is 1.17 bits per heavy atom. The lowest BCUT2D eigenvalue weighted by molar-refractivity contribution is 0.276. The minimum Gasteiger partial charge on any atom is -0.390 e. The molecule has 0 fully saturated rings. The van der Waals surface area contributed by atoms with E-state index in [0.29, 0.717) is 17.1 Å². The van der Waals surface area contributed by atoms with Crippen molar-refractivity contribution in [1.29, 1.82) is 5.26 Å². The van der Waals surface area contributed by atoms with Crippen LogP contribution in [-0.4, -0.2) is 24.9 Å². The zero-order valence-electron chi connectivity index (χ0n) is 15.9. The molecule has 1 atom stereocenters. The summed E-state index contributed by atoms with van der Waals surface area (Å²) < 4.78 is 1.67. The number of rotatable bonds is 5. The SMILES string of the molecule is CCC(N)c1cccc(-c2cc(C#N)c3cnn(-c4cccc(CO)n4)c3c2)n1. The summed E-state index contributed by atoms with van der Waals surface area (Å²) in [6.45, 7) is 1.86. The Kier molecular flexibility index (Phi) is 5.04. The highest BCUT2D eigenvalue weighted by Gasteiger charge is 2.14. The maximum atomic E-state index is 9.67. The lowest BCUT2D eigenvalue weighted by Crippen LogP contribution is -2.10. The van der Waals surface area contributed by atoms with Gasteiger partial charge in [0.25, 0.3) is 0 Å². The topological polar surface area (TPSA) is 114 Å². The molecule has 3 N–H and O–H groups in total. The van der Waals surface area contributed by atoms with Gasteiger partial charge in [0.15, 0.2) is 5.82 Å². The molecule has 29 heavy (non-hydrogen) atoms.